The summed E-state index contributed by atoms with van der Waals surface area (Å²) < 4.78 is 2.22. The first-order chi connectivity index (χ1) is 8.27. The van der Waals surface area contributed by atoms with E-state index in [1.54, 1.807) is 0 Å². The molecule has 1 aromatic rings. The molecule has 2 unspecified atom stereocenters. The first-order valence-corrected chi connectivity index (χ1v) is 6.77. The lowest BCUT2D eigenvalue weighted by Crippen LogP contribution is -2.22. The molecule has 2 aliphatic heterocycles. The predicted molar refractivity (Wildman–Crippen MR) is 68.2 cm³/mol. The van der Waals surface area contributed by atoms with E-state index < -0.39 is 0 Å². The fourth-order valence-electron chi connectivity index (χ4n) is 3.35. The number of hydrogen-bond acceptors (Lipinski definition) is 3. The minimum absolute atomic E-state index is 0.428. The van der Waals surface area contributed by atoms with Crippen LogP contribution in [0.5, 0.6) is 0 Å². The van der Waals surface area contributed by atoms with E-state index in [2.05, 4.69) is 29.2 Å². The van der Waals surface area contributed by atoms with Crippen molar-refractivity contribution >= 4 is 0 Å². The summed E-state index contributed by atoms with van der Waals surface area (Å²) >= 11 is 0. The van der Waals surface area contributed by atoms with Crippen molar-refractivity contribution in [3.05, 3.63) is 17.0 Å². The molecule has 4 nitrogen and oxygen atoms in total. The van der Waals surface area contributed by atoms with Crippen molar-refractivity contribution in [3.8, 4) is 0 Å². The third kappa shape index (κ3) is 1.89. The Morgan fingerprint density at radius 3 is 2.76 bits per heavy atom. The molecule has 0 bridgehead atoms. The van der Waals surface area contributed by atoms with Gasteiger partial charge in [-0.3, -0.25) is 10.00 Å². The number of rotatable bonds is 2. The topological polar surface area (TPSA) is 41.9 Å². The van der Waals surface area contributed by atoms with Crippen LogP contribution in [0.2, 0.25) is 0 Å². The first kappa shape index (κ1) is 11.2. The molecule has 0 amide bonds. The van der Waals surface area contributed by atoms with Gasteiger partial charge in [-0.15, -0.1) is 0 Å². The standard InChI is InChI=1S/C13H22N4/c1-9-13(11-5-7-14-8-11)10(2)17(16-9)12-4-3-6-15-12/h11-12,14-15H,3-8H2,1-2H3. The van der Waals surface area contributed by atoms with Crippen LogP contribution >= 0.6 is 0 Å². The molecule has 94 valence electrons. The second kappa shape index (κ2) is 4.42. The van der Waals surface area contributed by atoms with Crippen LogP contribution in [0.3, 0.4) is 0 Å². The highest BCUT2D eigenvalue weighted by Crippen LogP contribution is 2.30. The lowest BCUT2D eigenvalue weighted by atomic mass is 9.96. The van der Waals surface area contributed by atoms with Gasteiger partial charge in [0.15, 0.2) is 0 Å². The normalized spacial score (nSPS) is 29.1. The van der Waals surface area contributed by atoms with Gasteiger partial charge in [-0.05, 0) is 46.2 Å². The molecule has 0 saturated carbocycles. The van der Waals surface area contributed by atoms with Crippen molar-refractivity contribution in [1.82, 2.24) is 20.4 Å². The van der Waals surface area contributed by atoms with Crippen molar-refractivity contribution < 1.29 is 0 Å². The second-order valence-corrected chi connectivity index (χ2v) is 5.33. The van der Waals surface area contributed by atoms with Crippen LogP contribution in [-0.2, 0) is 0 Å². The van der Waals surface area contributed by atoms with Crippen molar-refractivity contribution in [2.75, 3.05) is 19.6 Å². The summed E-state index contributed by atoms with van der Waals surface area (Å²) in [4.78, 5) is 0. The lowest BCUT2D eigenvalue weighted by molar-refractivity contribution is 0.414. The van der Waals surface area contributed by atoms with Crippen LogP contribution in [0.25, 0.3) is 0 Å². The number of nitrogens with one attached hydrogen (secondary N) is 2. The number of aryl methyl sites for hydroxylation is 1. The van der Waals surface area contributed by atoms with E-state index in [4.69, 9.17) is 5.10 Å². The number of aromatic nitrogens is 2. The first-order valence-electron chi connectivity index (χ1n) is 6.77. The van der Waals surface area contributed by atoms with Gasteiger partial charge in [-0.25, -0.2) is 0 Å². The Kier molecular flexibility index (Phi) is 2.92. The fourth-order valence-corrected chi connectivity index (χ4v) is 3.35. The quantitative estimate of drug-likeness (QED) is 0.814. The average molecular weight is 234 g/mol. The van der Waals surface area contributed by atoms with E-state index in [9.17, 15) is 0 Å². The predicted octanol–water partition coefficient (Wildman–Crippen LogP) is 1.46. The Morgan fingerprint density at radius 1 is 1.24 bits per heavy atom. The summed E-state index contributed by atoms with van der Waals surface area (Å²) in [6.45, 7) is 7.78. The van der Waals surface area contributed by atoms with Crippen LogP contribution in [0.1, 0.15) is 48.3 Å². The van der Waals surface area contributed by atoms with Crippen molar-refractivity contribution in [2.45, 2.75) is 45.2 Å². The van der Waals surface area contributed by atoms with Gasteiger partial charge in [0, 0.05) is 23.7 Å². The Balaban J connectivity index is 1.93. The molecule has 17 heavy (non-hydrogen) atoms. The Bertz CT molecular complexity index is 398. The SMILES string of the molecule is Cc1nn(C2CCCN2)c(C)c1C1CCNC1. The van der Waals surface area contributed by atoms with Crippen molar-refractivity contribution in [1.29, 1.82) is 0 Å². The highest BCUT2D eigenvalue weighted by Gasteiger charge is 2.27. The van der Waals surface area contributed by atoms with Gasteiger partial charge in [0.1, 0.15) is 6.17 Å². The van der Waals surface area contributed by atoms with Gasteiger partial charge in [-0.1, -0.05) is 0 Å². The molecule has 2 N–H and O–H groups in total. The van der Waals surface area contributed by atoms with Gasteiger partial charge in [-0.2, -0.15) is 5.10 Å². The Labute approximate surface area is 103 Å². The minimum atomic E-state index is 0.428. The van der Waals surface area contributed by atoms with Gasteiger partial charge < -0.3 is 5.32 Å². The van der Waals surface area contributed by atoms with E-state index in [1.165, 1.54) is 36.2 Å². The Morgan fingerprint density at radius 2 is 2.12 bits per heavy atom. The maximum Gasteiger partial charge on any atom is 0.102 e. The number of hydrogen-bond donors (Lipinski definition) is 2. The van der Waals surface area contributed by atoms with Crippen molar-refractivity contribution in [3.63, 3.8) is 0 Å². The van der Waals surface area contributed by atoms with Crippen molar-refractivity contribution in [2.24, 2.45) is 0 Å². The smallest absolute Gasteiger partial charge is 0.102 e. The molecule has 3 heterocycles. The van der Waals surface area contributed by atoms with E-state index in [-0.39, 0.29) is 0 Å². The highest BCUT2D eigenvalue weighted by atomic mass is 15.4. The zero-order valence-corrected chi connectivity index (χ0v) is 10.8. The largest absolute Gasteiger partial charge is 0.316 e. The van der Waals surface area contributed by atoms with E-state index in [0.29, 0.717) is 12.1 Å². The molecule has 3 rings (SSSR count). The van der Waals surface area contributed by atoms with Crippen LogP contribution < -0.4 is 10.6 Å². The summed E-state index contributed by atoms with van der Waals surface area (Å²) in [7, 11) is 0. The van der Waals surface area contributed by atoms with Gasteiger partial charge in [0.05, 0.1) is 5.69 Å². The lowest BCUT2D eigenvalue weighted by Gasteiger charge is -2.14. The summed E-state index contributed by atoms with van der Waals surface area (Å²) in [6.07, 6.45) is 4.16. The summed E-state index contributed by atoms with van der Waals surface area (Å²) in [5, 5.41) is 11.7. The van der Waals surface area contributed by atoms with Gasteiger partial charge in [0.2, 0.25) is 0 Å². The van der Waals surface area contributed by atoms with Crippen LogP contribution in [0, 0.1) is 13.8 Å². The Hall–Kier alpha value is -0.870. The highest BCUT2D eigenvalue weighted by molar-refractivity contribution is 5.30. The number of nitrogens with zero attached hydrogens (tertiary/aromatic N) is 2. The molecule has 2 saturated heterocycles. The maximum absolute atomic E-state index is 4.76. The molecule has 1 aromatic heterocycles. The molecular weight excluding hydrogens is 212 g/mol. The van der Waals surface area contributed by atoms with E-state index in [1.807, 2.05) is 0 Å². The second-order valence-electron chi connectivity index (χ2n) is 5.33. The summed E-state index contributed by atoms with van der Waals surface area (Å²) in [5.41, 5.74) is 4.09. The fraction of sp³-hybridized carbons (Fsp3) is 0.769. The third-order valence-electron chi connectivity index (χ3n) is 4.18. The minimum Gasteiger partial charge on any atom is -0.316 e. The zero-order valence-electron chi connectivity index (χ0n) is 10.8. The van der Waals surface area contributed by atoms with Crippen LogP contribution in [-0.4, -0.2) is 29.4 Å². The molecule has 0 radical (unpaired) electrons. The maximum atomic E-state index is 4.76. The molecule has 0 aromatic carbocycles. The monoisotopic (exact) mass is 234 g/mol. The van der Waals surface area contributed by atoms with Gasteiger partial charge >= 0.3 is 0 Å². The third-order valence-corrected chi connectivity index (χ3v) is 4.18. The van der Waals surface area contributed by atoms with Gasteiger partial charge in [0.25, 0.3) is 0 Å². The molecule has 2 aliphatic rings. The average Bonchev–Trinajstić information content (AvgIpc) is 2.99. The summed E-state index contributed by atoms with van der Waals surface area (Å²) in [6, 6.07) is 0. The van der Waals surface area contributed by atoms with Crippen LogP contribution in [0.4, 0.5) is 0 Å². The summed E-state index contributed by atoms with van der Waals surface area (Å²) in [5.74, 6) is 0.671. The zero-order chi connectivity index (χ0) is 11.8. The molecule has 0 aliphatic carbocycles. The molecular formula is C13H22N4. The molecule has 2 atom stereocenters. The molecule has 2 fully saturated rings. The van der Waals surface area contributed by atoms with E-state index >= 15 is 0 Å². The van der Waals surface area contributed by atoms with E-state index in [0.717, 1.165) is 19.6 Å². The molecule has 4 heteroatoms. The molecule has 0 spiro atoms. The van der Waals surface area contributed by atoms with Crippen LogP contribution in [0.15, 0.2) is 0 Å².